The van der Waals surface area contributed by atoms with Crippen molar-refractivity contribution in [3.8, 4) is 11.8 Å². The number of hydrogen-bond acceptors (Lipinski definition) is 4. The highest BCUT2D eigenvalue weighted by atomic mass is 35.5. The molecule has 0 amide bonds. The molecular formula is C22H15Cl2NO3S. The van der Waals surface area contributed by atoms with Gasteiger partial charge < -0.3 is 4.74 Å². The third kappa shape index (κ3) is 5.39. The molecule has 0 radical (unpaired) electrons. The molecule has 7 heteroatoms. The Hall–Kier alpha value is -2.78. The zero-order chi connectivity index (χ0) is 20.9. The van der Waals surface area contributed by atoms with E-state index in [1.807, 2.05) is 12.1 Å². The van der Waals surface area contributed by atoms with Gasteiger partial charge in [-0.2, -0.15) is 5.26 Å². The largest absolute Gasteiger partial charge is 0.489 e. The summed E-state index contributed by atoms with van der Waals surface area (Å²) in [7, 11) is -3.95. The zero-order valence-corrected chi connectivity index (χ0v) is 17.4. The predicted octanol–water partition coefficient (Wildman–Crippen LogP) is 5.91. The molecule has 4 nitrogen and oxygen atoms in total. The Morgan fingerprint density at radius 3 is 2.21 bits per heavy atom. The van der Waals surface area contributed by atoms with Gasteiger partial charge in [-0.15, -0.1) is 0 Å². The summed E-state index contributed by atoms with van der Waals surface area (Å²) in [5.74, 6) is 0.551. The summed E-state index contributed by atoms with van der Waals surface area (Å²) in [6, 6.07) is 21.6. The van der Waals surface area contributed by atoms with Crippen LogP contribution in [0.4, 0.5) is 0 Å². The molecule has 0 aliphatic carbocycles. The molecule has 0 aliphatic heterocycles. The van der Waals surface area contributed by atoms with Gasteiger partial charge in [-0.25, -0.2) is 8.42 Å². The van der Waals surface area contributed by atoms with Crippen LogP contribution >= 0.6 is 23.2 Å². The van der Waals surface area contributed by atoms with Crippen molar-refractivity contribution in [2.75, 3.05) is 0 Å². The van der Waals surface area contributed by atoms with E-state index in [0.717, 1.165) is 5.56 Å². The summed E-state index contributed by atoms with van der Waals surface area (Å²) in [5, 5.41) is 10.5. The summed E-state index contributed by atoms with van der Waals surface area (Å²) >= 11 is 11.7. The van der Waals surface area contributed by atoms with E-state index < -0.39 is 9.84 Å². The minimum atomic E-state index is -3.95. The molecule has 3 aromatic rings. The Labute approximate surface area is 179 Å². The maximum atomic E-state index is 12.7. The number of nitrogens with zero attached hydrogens (tertiary/aromatic N) is 1. The molecule has 146 valence electrons. The SMILES string of the molecule is N#C/C(=C\c1cccc(OCc2ccc(Cl)cc2)c1)S(=O)(=O)c1ccc(Cl)cc1. The fourth-order valence-electron chi connectivity index (χ4n) is 2.50. The Kier molecular flexibility index (Phi) is 6.60. The summed E-state index contributed by atoms with van der Waals surface area (Å²) in [5.41, 5.74) is 1.48. The summed E-state index contributed by atoms with van der Waals surface area (Å²) in [6.45, 7) is 0.332. The lowest BCUT2D eigenvalue weighted by Crippen LogP contribution is -2.03. The fourth-order valence-corrected chi connectivity index (χ4v) is 3.92. The van der Waals surface area contributed by atoms with Gasteiger partial charge in [-0.1, -0.05) is 47.5 Å². The van der Waals surface area contributed by atoms with E-state index in [1.165, 1.54) is 30.3 Å². The minimum Gasteiger partial charge on any atom is -0.489 e. The number of ether oxygens (including phenoxy) is 1. The molecule has 0 heterocycles. The molecule has 0 aromatic heterocycles. The lowest BCUT2D eigenvalue weighted by molar-refractivity contribution is 0.306. The van der Waals surface area contributed by atoms with Crippen molar-refractivity contribution < 1.29 is 13.2 Å². The van der Waals surface area contributed by atoms with Crippen LogP contribution < -0.4 is 4.74 Å². The molecule has 0 saturated carbocycles. The zero-order valence-electron chi connectivity index (χ0n) is 15.0. The van der Waals surface area contributed by atoms with Gasteiger partial charge in [0.05, 0.1) is 4.90 Å². The van der Waals surface area contributed by atoms with Crippen LogP contribution in [0.25, 0.3) is 6.08 Å². The second-order valence-corrected chi connectivity index (χ2v) is 8.86. The van der Waals surface area contributed by atoms with E-state index in [0.29, 0.717) is 28.0 Å². The average molecular weight is 444 g/mol. The topological polar surface area (TPSA) is 67.2 Å². The first kappa shape index (κ1) is 20.9. The second kappa shape index (κ2) is 9.15. The number of rotatable bonds is 6. The van der Waals surface area contributed by atoms with E-state index in [9.17, 15) is 13.7 Å². The molecular weight excluding hydrogens is 429 g/mol. The van der Waals surface area contributed by atoms with Gasteiger partial charge in [0.2, 0.25) is 9.84 Å². The predicted molar refractivity (Wildman–Crippen MR) is 114 cm³/mol. The smallest absolute Gasteiger partial charge is 0.216 e. The van der Waals surface area contributed by atoms with Crippen LogP contribution in [0.1, 0.15) is 11.1 Å². The van der Waals surface area contributed by atoms with Gasteiger partial charge in [-0.3, -0.25) is 0 Å². The van der Waals surface area contributed by atoms with Crippen LogP contribution in [0.15, 0.2) is 82.6 Å². The van der Waals surface area contributed by atoms with Crippen molar-refractivity contribution in [2.24, 2.45) is 0 Å². The molecule has 0 unspecified atom stereocenters. The van der Waals surface area contributed by atoms with E-state index >= 15 is 0 Å². The van der Waals surface area contributed by atoms with Crippen molar-refractivity contribution >= 4 is 39.1 Å². The highest BCUT2D eigenvalue weighted by molar-refractivity contribution is 7.95. The van der Waals surface area contributed by atoms with Crippen molar-refractivity contribution in [2.45, 2.75) is 11.5 Å². The van der Waals surface area contributed by atoms with Crippen molar-refractivity contribution in [1.82, 2.24) is 0 Å². The Morgan fingerprint density at radius 1 is 0.966 bits per heavy atom. The van der Waals surface area contributed by atoms with Gasteiger partial charge >= 0.3 is 0 Å². The molecule has 0 atom stereocenters. The Bertz CT molecular complexity index is 1180. The number of nitriles is 1. The van der Waals surface area contributed by atoms with Gasteiger partial charge in [-0.05, 0) is 65.7 Å². The molecule has 0 fully saturated rings. The molecule has 0 aliphatic rings. The van der Waals surface area contributed by atoms with Crippen LogP contribution in [0.2, 0.25) is 10.0 Å². The van der Waals surface area contributed by atoms with Crippen LogP contribution in [-0.2, 0) is 16.4 Å². The molecule has 0 bridgehead atoms. The van der Waals surface area contributed by atoms with E-state index in [4.69, 9.17) is 27.9 Å². The van der Waals surface area contributed by atoms with Gasteiger partial charge in [0.25, 0.3) is 0 Å². The molecule has 3 rings (SSSR count). The first-order valence-corrected chi connectivity index (χ1v) is 10.7. The second-order valence-electron chi connectivity index (χ2n) is 6.07. The van der Waals surface area contributed by atoms with E-state index in [1.54, 1.807) is 42.5 Å². The van der Waals surface area contributed by atoms with Crippen LogP contribution in [0, 0.1) is 11.3 Å². The number of allylic oxidation sites excluding steroid dienone is 1. The van der Waals surface area contributed by atoms with Crippen molar-refractivity contribution in [3.63, 3.8) is 0 Å². The Morgan fingerprint density at radius 2 is 1.59 bits per heavy atom. The minimum absolute atomic E-state index is 0.00448. The maximum Gasteiger partial charge on any atom is 0.216 e. The number of halogens is 2. The molecule has 0 N–H and O–H groups in total. The lowest BCUT2D eigenvalue weighted by Gasteiger charge is -2.08. The number of benzene rings is 3. The van der Waals surface area contributed by atoms with Gasteiger partial charge in [0, 0.05) is 10.0 Å². The van der Waals surface area contributed by atoms with Crippen LogP contribution in [0.5, 0.6) is 5.75 Å². The molecule has 3 aromatic carbocycles. The maximum absolute atomic E-state index is 12.7. The van der Waals surface area contributed by atoms with E-state index in [2.05, 4.69) is 0 Å². The first-order valence-electron chi connectivity index (χ1n) is 8.48. The highest BCUT2D eigenvalue weighted by Crippen LogP contribution is 2.24. The number of hydrogen-bond donors (Lipinski definition) is 0. The fraction of sp³-hybridized carbons (Fsp3) is 0.0455. The van der Waals surface area contributed by atoms with Gasteiger partial charge in [0.15, 0.2) is 0 Å². The summed E-state index contributed by atoms with van der Waals surface area (Å²) in [4.78, 5) is -0.362. The lowest BCUT2D eigenvalue weighted by atomic mass is 10.2. The summed E-state index contributed by atoms with van der Waals surface area (Å²) < 4.78 is 31.2. The van der Waals surface area contributed by atoms with Gasteiger partial charge in [0.1, 0.15) is 23.3 Å². The first-order chi connectivity index (χ1) is 13.9. The normalized spacial score (nSPS) is 11.7. The van der Waals surface area contributed by atoms with E-state index in [-0.39, 0.29) is 9.80 Å². The van der Waals surface area contributed by atoms with Crippen LogP contribution in [0.3, 0.4) is 0 Å². The standard InChI is InChI=1S/C22H15Cl2NO3S/c23-18-6-4-16(5-7-18)15-28-20-3-1-2-17(12-20)13-22(14-25)29(26,27)21-10-8-19(24)9-11-21/h1-13H,15H2/b22-13+. The highest BCUT2D eigenvalue weighted by Gasteiger charge is 2.20. The van der Waals surface area contributed by atoms with Crippen LogP contribution in [-0.4, -0.2) is 8.42 Å². The number of sulfone groups is 1. The molecule has 29 heavy (non-hydrogen) atoms. The molecule has 0 saturated heterocycles. The quantitative estimate of drug-likeness (QED) is 0.444. The monoisotopic (exact) mass is 443 g/mol. The van der Waals surface area contributed by atoms with Crippen molar-refractivity contribution in [1.29, 1.82) is 5.26 Å². The average Bonchev–Trinajstić information content (AvgIpc) is 2.72. The molecule has 0 spiro atoms. The third-order valence-corrected chi connectivity index (χ3v) is 6.18. The summed E-state index contributed by atoms with van der Waals surface area (Å²) in [6.07, 6.45) is 1.32. The van der Waals surface area contributed by atoms with Crippen molar-refractivity contribution in [3.05, 3.63) is 98.9 Å². The Balaban J connectivity index is 1.82. The third-order valence-electron chi connectivity index (χ3n) is 4.00.